The number of ether oxygens (including phenoxy) is 3. The third-order valence-corrected chi connectivity index (χ3v) is 14.7. The summed E-state index contributed by atoms with van der Waals surface area (Å²) in [5.41, 5.74) is 2.37. The molecule has 3 aromatic carbocycles. The van der Waals surface area contributed by atoms with Crippen LogP contribution >= 0.6 is 19.6 Å². The van der Waals surface area contributed by atoms with Crippen molar-refractivity contribution in [3.05, 3.63) is 128 Å². The fraction of sp³-hybridized carbons (Fsp3) is 0.425. The van der Waals surface area contributed by atoms with Gasteiger partial charge in [0, 0.05) is 0 Å². The number of nitrogens with zero attached hydrogens (tertiary/aromatic N) is 3. The van der Waals surface area contributed by atoms with Crippen molar-refractivity contribution in [3.8, 4) is 17.6 Å². The Morgan fingerprint density at radius 2 is 1.51 bits per heavy atom. The van der Waals surface area contributed by atoms with Gasteiger partial charge in [-0.2, -0.15) is 0 Å². The third kappa shape index (κ3) is 8.73. The molecule has 1 aromatic heterocycles. The van der Waals surface area contributed by atoms with E-state index < -0.39 is 42.3 Å². The molecule has 0 bridgehead atoms. The second-order valence-corrected chi connectivity index (χ2v) is 17.8. The summed E-state index contributed by atoms with van der Waals surface area (Å²) in [6.45, 7) is 9.68. The minimum absolute atomic E-state index is 0.0587. The van der Waals surface area contributed by atoms with Crippen LogP contribution in [0, 0.1) is 18.3 Å². The molecule has 3 atom stereocenters. The molecular weight excluding hydrogens is 712 g/mol. The zero-order chi connectivity index (χ0) is 38.3. The van der Waals surface area contributed by atoms with Crippen LogP contribution in [-0.2, 0) is 14.0 Å². The Bertz CT molecular complexity index is 1910. The summed E-state index contributed by atoms with van der Waals surface area (Å²) in [6, 6.07) is 28.4. The van der Waals surface area contributed by atoms with E-state index in [1.54, 1.807) is 32.9 Å². The number of hydrogen-bond donors (Lipinski definition) is 2. The van der Waals surface area contributed by atoms with Crippen molar-refractivity contribution < 1.29 is 23.6 Å². The van der Waals surface area contributed by atoms with E-state index in [1.165, 1.54) is 10.8 Å². The van der Waals surface area contributed by atoms with Crippen LogP contribution in [0.15, 0.2) is 94.6 Å². The molecule has 5 rings (SSSR count). The van der Waals surface area contributed by atoms with E-state index in [1.807, 2.05) is 74.8 Å². The van der Waals surface area contributed by atoms with Gasteiger partial charge in [-0.05, 0) is 0 Å². The van der Waals surface area contributed by atoms with Crippen molar-refractivity contribution in [1.82, 2.24) is 14.2 Å². The normalized spacial score (nSPS) is 18.0. The molecule has 0 saturated carbocycles. The third-order valence-electron chi connectivity index (χ3n) is 9.69. The van der Waals surface area contributed by atoms with Crippen LogP contribution in [-0.4, -0.2) is 69.5 Å². The van der Waals surface area contributed by atoms with Crippen molar-refractivity contribution in [1.29, 1.82) is 5.26 Å². The van der Waals surface area contributed by atoms with Crippen LogP contribution < -0.4 is 20.7 Å². The second-order valence-electron chi connectivity index (χ2n) is 13.8. The van der Waals surface area contributed by atoms with Gasteiger partial charge in [0.25, 0.3) is 0 Å². The molecule has 284 valence electrons. The van der Waals surface area contributed by atoms with Crippen molar-refractivity contribution in [2.75, 3.05) is 26.1 Å². The molecule has 1 aliphatic heterocycles. The zero-order valence-electron chi connectivity index (χ0n) is 31.4. The van der Waals surface area contributed by atoms with Crippen LogP contribution in [0.25, 0.3) is 0 Å². The van der Waals surface area contributed by atoms with E-state index in [0.717, 1.165) is 28.2 Å². The van der Waals surface area contributed by atoms with Gasteiger partial charge in [-0.1, -0.05) is 0 Å². The first-order valence-electron chi connectivity index (χ1n) is 17.9. The van der Waals surface area contributed by atoms with Gasteiger partial charge in [0.1, 0.15) is 0 Å². The Morgan fingerprint density at radius 1 is 0.962 bits per heavy atom. The number of nitriles is 1. The molecule has 1 saturated heterocycles. The molecule has 1 aliphatic rings. The van der Waals surface area contributed by atoms with Gasteiger partial charge in [-0.3, -0.25) is 0 Å². The molecule has 4 aromatic rings. The fourth-order valence-corrected chi connectivity index (χ4v) is 12.2. The van der Waals surface area contributed by atoms with Gasteiger partial charge in [0.05, 0.1) is 0 Å². The Balaban J connectivity index is 1.63. The van der Waals surface area contributed by atoms with E-state index in [0.29, 0.717) is 11.3 Å². The standard InChI is InChI=1S/C40H51N4O7PS/c1-27(2)44(28(3)4)52(47,23-11-22-41)51-35-24-37(43-25-29(5)38(45)42-39(43)46)50-36(35)26-53-40(30-12-9-8-10-13-30,31-14-18-33(48-6)19-15-31)32-16-20-34(49-7)21-17-32/h8-10,12-21,25,27-28,35-37,47,52H,11,23-24,26H2,1-7H3,(H,42,45,46)/t35-,36+,37+/m0/s1. The van der Waals surface area contributed by atoms with Crippen molar-refractivity contribution >= 4 is 19.6 Å². The molecule has 0 aliphatic carbocycles. The summed E-state index contributed by atoms with van der Waals surface area (Å²) >= 11 is 1.66. The second kappa shape index (κ2) is 17.5. The van der Waals surface area contributed by atoms with Gasteiger partial charge in [-0.15, -0.1) is 0 Å². The maximum atomic E-state index is 13.2. The zero-order valence-corrected chi connectivity index (χ0v) is 33.3. The Hall–Kier alpha value is -3.95. The molecule has 0 amide bonds. The van der Waals surface area contributed by atoms with Gasteiger partial charge in [-0.25, -0.2) is 0 Å². The predicted octanol–water partition coefficient (Wildman–Crippen LogP) is 6.78. The summed E-state index contributed by atoms with van der Waals surface area (Å²) < 4.78 is 27.3. The van der Waals surface area contributed by atoms with Gasteiger partial charge in [0.2, 0.25) is 0 Å². The van der Waals surface area contributed by atoms with Gasteiger partial charge < -0.3 is 0 Å². The number of benzene rings is 3. The first-order chi connectivity index (χ1) is 25.4. The van der Waals surface area contributed by atoms with Crippen LogP contribution in [0.1, 0.15) is 69.0 Å². The van der Waals surface area contributed by atoms with E-state index >= 15 is 0 Å². The maximum absolute atomic E-state index is 13.2. The molecule has 53 heavy (non-hydrogen) atoms. The van der Waals surface area contributed by atoms with Crippen molar-refractivity contribution in [3.63, 3.8) is 0 Å². The number of rotatable bonds is 16. The molecular formula is C40H51N4O7PS. The quantitative estimate of drug-likeness (QED) is 0.0928. The van der Waals surface area contributed by atoms with Crippen LogP contribution in [0.4, 0.5) is 0 Å². The molecule has 1 fully saturated rings. The number of aryl methyl sites for hydroxylation is 1. The van der Waals surface area contributed by atoms with Crippen molar-refractivity contribution in [2.45, 2.75) is 82.7 Å². The first kappa shape index (κ1) is 40.2. The number of aromatic amines is 1. The van der Waals surface area contributed by atoms with E-state index in [9.17, 15) is 19.7 Å². The van der Waals surface area contributed by atoms with E-state index in [2.05, 4.69) is 47.5 Å². The Morgan fingerprint density at radius 3 is 2.02 bits per heavy atom. The fourth-order valence-electron chi connectivity index (χ4n) is 7.34. The first-order valence-corrected chi connectivity index (χ1v) is 20.9. The molecule has 0 spiro atoms. The number of aromatic nitrogens is 2. The molecule has 11 nitrogen and oxygen atoms in total. The summed E-state index contributed by atoms with van der Waals surface area (Å²) in [6.07, 6.45) is 0.0289. The monoisotopic (exact) mass is 762 g/mol. The Kier molecular flexibility index (Phi) is 13.3. The average molecular weight is 763 g/mol. The number of nitrogens with one attached hydrogen (secondary N) is 1. The average Bonchev–Trinajstić information content (AvgIpc) is 3.54. The summed E-state index contributed by atoms with van der Waals surface area (Å²) in [4.78, 5) is 40.3. The summed E-state index contributed by atoms with van der Waals surface area (Å²) in [5.74, 6) is 1.85. The Labute approximate surface area is 316 Å². The van der Waals surface area contributed by atoms with Gasteiger partial charge in [0.15, 0.2) is 0 Å². The number of thioether (sulfide) groups is 1. The van der Waals surface area contributed by atoms with Crippen molar-refractivity contribution in [2.24, 2.45) is 0 Å². The van der Waals surface area contributed by atoms with Crippen LogP contribution in [0.3, 0.4) is 0 Å². The van der Waals surface area contributed by atoms with Crippen LogP contribution in [0.2, 0.25) is 0 Å². The molecule has 2 heterocycles. The van der Waals surface area contributed by atoms with Gasteiger partial charge >= 0.3 is 317 Å². The SMILES string of the molecule is COc1ccc(C(SC[C@H]2O[C@@H](n3cc(C)c(=O)[nH]c3=O)C[C@@H]2O[PH](O)(CCC#N)N(C(C)C)C(C)C)(c2ccccc2)c2ccc(OC)cc2)cc1. The summed E-state index contributed by atoms with van der Waals surface area (Å²) in [5, 5.41) is 9.61. The number of H-pyrrole nitrogens is 1. The molecule has 2 N–H and O–H groups in total. The molecule has 13 heteroatoms. The van der Waals surface area contributed by atoms with E-state index in [-0.39, 0.29) is 31.1 Å². The topological polar surface area (TPSA) is 139 Å². The number of hydrogen-bond acceptors (Lipinski definition) is 10. The minimum atomic E-state index is -3.74. The van der Waals surface area contributed by atoms with E-state index in [4.69, 9.17) is 18.7 Å². The molecule has 0 unspecified atom stereocenters. The summed E-state index contributed by atoms with van der Waals surface area (Å²) in [7, 11) is -0.455. The molecule has 0 radical (unpaired) electrons. The van der Waals surface area contributed by atoms with Crippen LogP contribution in [0.5, 0.6) is 11.5 Å². The predicted molar refractivity (Wildman–Crippen MR) is 212 cm³/mol. The number of methoxy groups -OCH3 is 2.